The molecule has 2 aromatic heterocycles. The second kappa shape index (κ2) is 7.25. The van der Waals surface area contributed by atoms with Gasteiger partial charge in [0.15, 0.2) is 0 Å². The van der Waals surface area contributed by atoms with Crippen LogP contribution in [-0.2, 0) is 4.79 Å². The number of carbonyl (C=O) groups is 2. The zero-order chi connectivity index (χ0) is 16.9. The molecule has 6 heteroatoms. The topological polar surface area (TPSA) is 72.2 Å². The molecule has 3 rings (SSSR count). The Kier molecular flexibility index (Phi) is 4.88. The number of amides is 2. The molecule has 0 saturated carbocycles. The van der Waals surface area contributed by atoms with Crippen molar-refractivity contribution in [2.75, 3.05) is 5.32 Å². The molecular weight excluding hydrogens is 340 g/mol. The van der Waals surface area contributed by atoms with Crippen LogP contribution in [0.25, 0.3) is 16.5 Å². The number of hydrogen-bond acceptors (Lipinski definition) is 4. The summed E-state index contributed by atoms with van der Waals surface area (Å²) in [5.74, 6) is -0.865. The number of thiophene rings is 2. The van der Waals surface area contributed by atoms with Gasteiger partial charge in [0, 0.05) is 11.0 Å². The molecule has 0 saturated heterocycles. The van der Waals surface area contributed by atoms with E-state index in [4.69, 9.17) is 5.73 Å². The van der Waals surface area contributed by atoms with Crippen LogP contribution in [0.5, 0.6) is 0 Å². The highest BCUT2D eigenvalue weighted by Gasteiger charge is 2.16. The molecule has 4 nitrogen and oxygen atoms in total. The van der Waals surface area contributed by atoms with Crippen LogP contribution in [0.4, 0.5) is 5.00 Å². The van der Waals surface area contributed by atoms with Gasteiger partial charge < -0.3 is 11.1 Å². The summed E-state index contributed by atoms with van der Waals surface area (Å²) >= 11 is 2.89. The standard InChI is InChI=1S/C18H14N2O2S2/c19-17(22)14-10-15(13-4-2-1-3-5-13)24-18(14)20-16(21)7-6-12-8-9-23-11-12/h1-11H,(H2,19,22)(H,20,21)/b7-6-. The molecule has 3 N–H and O–H groups in total. The third-order valence-corrected chi connectivity index (χ3v) is 5.06. The van der Waals surface area contributed by atoms with Crippen molar-refractivity contribution in [3.63, 3.8) is 0 Å². The van der Waals surface area contributed by atoms with Crippen LogP contribution in [0.1, 0.15) is 15.9 Å². The zero-order valence-corrected chi connectivity index (χ0v) is 14.2. The van der Waals surface area contributed by atoms with Crippen LogP contribution in [0.2, 0.25) is 0 Å². The lowest BCUT2D eigenvalue weighted by Gasteiger charge is -2.00. The van der Waals surface area contributed by atoms with Gasteiger partial charge in [0.25, 0.3) is 5.91 Å². The fourth-order valence-electron chi connectivity index (χ4n) is 2.11. The number of hydrogen-bond donors (Lipinski definition) is 2. The smallest absolute Gasteiger partial charge is 0.251 e. The van der Waals surface area contributed by atoms with Gasteiger partial charge in [-0.25, -0.2) is 0 Å². The summed E-state index contributed by atoms with van der Waals surface area (Å²) < 4.78 is 0. The minimum absolute atomic E-state index is 0.301. The number of primary amides is 1. The quantitative estimate of drug-likeness (QED) is 0.673. The Labute approximate surface area is 147 Å². The van der Waals surface area contributed by atoms with Crippen LogP contribution >= 0.6 is 22.7 Å². The fraction of sp³-hybridized carbons (Fsp3) is 0. The summed E-state index contributed by atoms with van der Waals surface area (Å²) in [6.45, 7) is 0. The molecule has 120 valence electrons. The predicted molar refractivity (Wildman–Crippen MR) is 100 cm³/mol. The van der Waals surface area contributed by atoms with E-state index in [9.17, 15) is 9.59 Å². The highest BCUT2D eigenvalue weighted by Crippen LogP contribution is 2.35. The van der Waals surface area contributed by atoms with Gasteiger partial charge in [-0.15, -0.1) is 11.3 Å². The second-order valence-electron chi connectivity index (χ2n) is 4.96. The van der Waals surface area contributed by atoms with E-state index in [2.05, 4.69) is 5.32 Å². The molecular formula is C18H14N2O2S2. The molecule has 0 bridgehead atoms. The van der Waals surface area contributed by atoms with Crippen molar-refractivity contribution < 1.29 is 9.59 Å². The van der Waals surface area contributed by atoms with Crippen molar-refractivity contribution in [1.29, 1.82) is 0 Å². The Balaban J connectivity index is 1.83. The van der Waals surface area contributed by atoms with Crippen molar-refractivity contribution >= 4 is 45.6 Å². The summed E-state index contributed by atoms with van der Waals surface area (Å²) in [7, 11) is 0. The van der Waals surface area contributed by atoms with Gasteiger partial charge in [-0.1, -0.05) is 30.3 Å². The molecule has 2 heterocycles. The molecule has 24 heavy (non-hydrogen) atoms. The van der Waals surface area contributed by atoms with Crippen LogP contribution in [0, 0.1) is 0 Å². The molecule has 3 aromatic rings. The van der Waals surface area contributed by atoms with E-state index >= 15 is 0 Å². The SMILES string of the molecule is NC(=O)c1cc(-c2ccccc2)sc1NC(=O)/C=C\c1ccsc1. The normalized spacial score (nSPS) is 10.8. The van der Waals surface area contributed by atoms with E-state index in [0.717, 1.165) is 16.0 Å². The number of carbonyl (C=O) groups excluding carboxylic acids is 2. The van der Waals surface area contributed by atoms with Gasteiger partial charge in [0.2, 0.25) is 5.91 Å². The highest BCUT2D eigenvalue weighted by atomic mass is 32.1. The van der Waals surface area contributed by atoms with Gasteiger partial charge in [-0.05, 0) is 40.1 Å². The van der Waals surface area contributed by atoms with E-state index in [1.54, 1.807) is 23.5 Å². The van der Waals surface area contributed by atoms with Crippen LogP contribution < -0.4 is 11.1 Å². The fourth-order valence-corrected chi connectivity index (χ4v) is 3.81. The zero-order valence-electron chi connectivity index (χ0n) is 12.6. The van der Waals surface area contributed by atoms with Crippen molar-refractivity contribution in [2.45, 2.75) is 0 Å². The lowest BCUT2D eigenvalue weighted by atomic mass is 10.1. The molecule has 0 radical (unpaired) electrons. The van der Waals surface area contributed by atoms with Gasteiger partial charge in [0.1, 0.15) is 5.00 Å². The first kappa shape index (κ1) is 16.2. The largest absolute Gasteiger partial charge is 0.366 e. The van der Waals surface area contributed by atoms with Crippen LogP contribution in [0.3, 0.4) is 0 Å². The molecule has 0 aliphatic heterocycles. The van der Waals surface area contributed by atoms with Gasteiger partial charge in [0.05, 0.1) is 5.56 Å². The summed E-state index contributed by atoms with van der Waals surface area (Å²) in [4.78, 5) is 24.6. The monoisotopic (exact) mass is 354 g/mol. The van der Waals surface area contributed by atoms with E-state index in [1.807, 2.05) is 47.2 Å². The van der Waals surface area contributed by atoms with E-state index in [-0.39, 0.29) is 5.91 Å². The first-order chi connectivity index (χ1) is 11.6. The van der Waals surface area contributed by atoms with Gasteiger partial charge in [-0.2, -0.15) is 11.3 Å². The number of rotatable bonds is 5. The van der Waals surface area contributed by atoms with Crippen LogP contribution in [-0.4, -0.2) is 11.8 Å². The Morgan fingerprint density at radius 2 is 1.92 bits per heavy atom. The summed E-state index contributed by atoms with van der Waals surface area (Å²) in [5.41, 5.74) is 7.68. The summed E-state index contributed by atoms with van der Waals surface area (Å²) in [6.07, 6.45) is 3.16. The third-order valence-electron chi connectivity index (χ3n) is 3.26. The summed E-state index contributed by atoms with van der Waals surface area (Å²) in [5, 5.41) is 7.08. The van der Waals surface area contributed by atoms with Gasteiger partial charge in [-0.3, -0.25) is 9.59 Å². The van der Waals surface area contributed by atoms with Gasteiger partial charge >= 0.3 is 0 Å². The molecule has 0 aliphatic carbocycles. The van der Waals surface area contributed by atoms with Crippen molar-refractivity contribution in [3.8, 4) is 10.4 Å². The average Bonchev–Trinajstić information content (AvgIpc) is 3.23. The molecule has 0 unspecified atom stereocenters. The minimum atomic E-state index is -0.564. The number of anilines is 1. The maximum Gasteiger partial charge on any atom is 0.251 e. The molecule has 0 aliphatic rings. The second-order valence-corrected chi connectivity index (χ2v) is 6.80. The molecule has 0 fully saturated rings. The summed E-state index contributed by atoms with van der Waals surface area (Å²) in [6, 6.07) is 13.3. The van der Waals surface area contributed by atoms with Crippen LogP contribution in [0.15, 0.2) is 59.3 Å². The van der Waals surface area contributed by atoms with E-state index in [0.29, 0.717) is 10.6 Å². The maximum absolute atomic E-state index is 12.1. The Bertz CT molecular complexity index is 881. The Morgan fingerprint density at radius 1 is 1.12 bits per heavy atom. The predicted octanol–water partition coefficient (Wildman–Crippen LogP) is 4.23. The molecule has 0 spiro atoms. The Hall–Kier alpha value is -2.70. The van der Waals surface area contributed by atoms with Crippen molar-refractivity contribution in [3.05, 3.63) is 70.4 Å². The molecule has 0 atom stereocenters. The highest BCUT2D eigenvalue weighted by molar-refractivity contribution is 7.20. The third kappa shape index (κ3) is 3.79. The maximum atomic E-state index is 12.1. The van der Waals surface area contributed by atoms with Crippen molar-refractivity contribution in [2.24, 2.45) is 5.73 Å². The number of benzene rings is 1. The molecule has 1 aromatic carbocycles. The van der Waals surface area contributed by atoms with E-state index in [1.165, 1.54) is 17.4 Å². The minimum Gasteiger partial charge on any atom is -0.366 e. The average molecular weight is 354 g/mol. The first-order valence-electron chi connectivity index (χ1n) is 7.14. The molecule has 2 amide bonds. The number of nitrogens with one attached hydrogen (secondary N) is 1. The first-order valence-corrected chi connectivity index (χ1v) is 8.90. The Morgan fingerprint density at radius 3 is 2.58 bits per heavy atom. The van der Waals surface area contributed by atoms with E-state index < -0.39 is 5.91 Å². The lowest BCUT2D eigenvalue weighted by molar-refractivity contribution is -0.111. The van der Waals surface area contributed by atoms with Crippen molar-refractivity contribution in [1.82, 2.24) is 0 Å². The lowest BCUT2D eigenvalue weighted by Crippen LogP contribution is -2.14. The number of nitrogens with two attached hydrogens (primary N) is 1.